The zero-order valence-electron chi connectivity index (χ0n) is 12.2. The molecule has 0 bridgehead atoms. The molecule has 0 aliphatic heterocycles. The Balaban J connectivity index is 1.95. The number of carboxylic acid groups (broad SMARTS) is 1. The smallest absolute Gasteiger partial charge is 0.339 e. The Morgan fingerprint density at radius 2 is 2.10 bits per heavy atom. The molecule has 0 unspecified atom stereocenters. The summed E-state index contributed by atoms with van der Waals surface area (Å²) in [5.74, 6) is -0.855. The van der Waals surface area contributed by atoms with Crippen molar-refractivity contribution in [2.75, 3.05) is 19.0 Å². The minimum atomic E-state index is -1.07. The van der Waals surface area contributed by atoms with E-state index in [9.17, 15) is 9.59 Å². The molecule has 1 fully saturated rings. The van der Waals surface area contributed by atoms with E-state index < -0.39 is 5.97 Å². The first kappa shape index (κ1) is 15.2. The third-order valence-electron chi connectivity index (χ3n) is 3.93. The van der Waals surface area contributed by atoms with Crippen molar-refractivity contribution in [3.63, 3.8) is 0 Å². The molecule has 1 aliphatic carbocycles. The average Bonchev–Trinajstić information content (AvgIpc) is 2.42. The first-order valence-electron chi connectivity index (χ1n) is 6.90. The highest BCUT2D eigenvalue weighted by molar-refractivity contribution is 5.94. The Morgan fingerprint density at radius 1 is 1.38 bits per heavy atom. The van der Waals surface area contributed by atoms with Crippen LogP contribution in [0.3, 0.4) is 0 Å². The van der Waals surface area contributed by atoms with Crippen molar-refractivity contribution in [2.45, 2.75) is 26.2 Å². The summed E-state index contributed by atoms with van der Waals surface area (Å²) in [6.07, 6.45) is 3.48. The number of rotatable bonds is 5. The minimum Gasteiger partial charge on any atom is -0.496 e. The first-order valence-corrected chi connectivity index (χ1v) is 6.90. The van der Waals surface area contributed by atoms with Gasteiger partial charge in [-0.25, -0.2) is 9.59 Å². The van der Waals surface area contributed by atoms with Gasteiger partial charge in [0.05, 0.1) is 7.11 Å². The van der Waals surface area contributed by atoms with Gasteiger partial charge in [0, 0.05) is 18.3 Å². The van der Waals surface area contributed by atoms with E-state index in [0.717, 1.165) is 12.8 Å². The quantitative estimate of drug-likeness (QED) is 0.778. The van der Waals surface area contributed by atoms with E-state index in [1.807, 2.05) is 0 Å². The number of nitrogens with one attached hydrogen (secondary N) is 2. The molecule has 3 N–H and O–H groups in total. The Hall–Kier alpha value is -2.24. The van der Waals surface area contributed by atoms with Gasteiger partial charge in [0.2, 0.25) is 0 Å². The van der Waals surface area contributed by atoms with Gasteiger partial charge in [0.15, 0.2) is 0 Å². The van der Waals surface area contributed by atoms with Crippen LogP contribution < -0.4 is 15.4 Å². The van der Waals surface area contributed by atoms with E-state index in [1.165, 1.54) is 31.7 Å². The number of carboxylic acids is 1. The lowest BCUT2D eigenvalue weighted by atomic mass is 9.70. The Bertz CT molecular complexity index is 553. The van der Waals surface area contributed by atoms with Crippen molar-refractivity contribution in [1.82, 2.24) is 5.32 Å². The molecule has 1 saturated carbocycles. The maximum atomic E-state index is 11.8. The summed E-state index contributed by atoms with van der Waals surface area (Å²) in [7, 11) is 1.39. The molecule has 0 spiro atoms. The number of aromatic carboxylic acids is 1. The molecule has 0 aromatic heterocycles. The van der Waals surface area contributed by atoms with Crippen LogP contribution >= 0.6 is 0 Å². The maximum Gasteiger partial charge on any atom is 0.339 e. The van der Waals surface area contributed by atoms with Crippen molar-refractivity contribution in [3.8, 4) is 5.75 Å². The normalized spacial score (nSPS) is 15.7. The Morgan fingerprint density at radius 3 is 2.62 bits per heavy atom. The van der Waals surface area contributed by atoms with Crippen LogP contribution in [-0.4, -0.2) is 30.8 Å². The van der Waals surface area contributed by atoms with E-state index in [0.29, 0.717) is 12.2 Å². The number of hydrogen-bond acceptors (Lipinski definition) is 3. The molecule has 0 radical (unpaired) electrons. The molecule has 21 heavy (non-hydrogen) atoms. The van der Waals surface area contributed by atoms with Crippen LogP contribution in [0.25, 0.3) is 0 Å². The van der Waals surface area contributed by atoms with Crippen LogP contribution in [0.4, 0.5) is 10.5 Å². The zero-order chi connectivity index (χ0) is 15.5. The van der Waals surface area contributed by atoms with E-state index in [1.54, 1.807) is 0 Å². The minimum absolute atomic E-state index is 0.0606. The molecular formula is C15H20N2O4. The average molecular weight is 292 g/mol. The van der Waals surface area contributed by atoms with Gasteiger partial charge in [0.25, 0.3) is 0 Å². The lowest BCUT2D eigenvalue weighted by Crippen LogP contribution is -2.41. The number of urea groups is 1. The summed E-state index contributed by atoms with van der Waals surface area (Å²) < 4.78 is 5.02. The summed E-state index contributed by atoms with van der Waals surface area (Å²) in [6.45, 7) is 2.80. The number of ether oxygens (including phenoxy) is 1. The fraction of sp³-hybridized carbons (Fsp3) is 0.467. The molecule has 2 amide bonds. The molecular weight excluding hydrogens is 272 g/mol. The number of amides is 2. The Kier molecular flexibility index (Phi) is 4.35. The van der Waals surface area contributed by atoms with E-state index in [4.69, 9.17) is 9.84 Å². The fourth-order valence-corrected chi connectivity index (χ4v) is 2.37. The van der Waals surface area contributed by atoms with Gasteiger partial charge in [0.1, 0.15) is 11.3 Å². The predicted octanol–water partition coefficient (Wildman–Crippen LogP) is 2.71. The predicted molar refractivity (Wildman–Crippen MR) is 78.9 cm³/mol. The molecule has 0 saturated heterocycles. The van der Waals surface area contributed by atoms with Gasteiger partial charge >= 0.3 is 12.0 Å². The van der Waals surface area contributed by atoms with E-state index >= 15 is 0 Å². The lowest BCUT2D eigenvalue weighted by Gasteiger charge is -2.38. The third-order valence-corrected chi connectivity index (χ3v) is 3.93. The standard InChI is InChI=1S/C15H20N2O4/c1-15(6-3-7-15)9-16-14(20)17-10-4-5-11(13(18)19)12(8-10)21-2/h4-5,8H,3,6-7,9H2,1-2H3,(H,18,19)(H2,16,17,20). The van der Waals surface area contributed by atoms with E-state index in [2.05, 4.69) is 17.6 Å². The number of carbonyl (C=O) groups is 2. The molecule has 0 atom stereocenters. The van der Waals surface area contributed by atoms with Crippen molar-refractivity contribution in [2.24, 2.45) is 5.41 Å². The van der Waals surface area contributed by atoms with E-state index in [-0.39, 0.29) is 22.8 Å². The van der Waals surface area contributed by atoms with Gasteiger partial charge in [-0.05, 0) is 30.4 Å². The molecule has 1 aliphatic rings. The number of hydrogen-bond donors (Lipinski definition) is 3. The van der Waals surface area contributed by atoms with Crippen molar-refractivity contribution in [3.05, 3.63) is 23.8 Å². The van der Waals surface area contributed by atoms with Crippen LogP contribution in [0.15, 0.2) is 18.2 Å². The molecule has 114 valence electrons. The number of anilines is 1. The van der Waals surface area contributed by atoms with Crippen LogP contribution in [0.1, 0.15) is 36.5 Å². The van der Waals surface area contributed by atoms with Gasteiger partial charge in [-0.2, -0.15) is 0 Å². The highest BCUT2D eigenvalue weighted by atomic mass is 16.5. The number of benzene rings is 1. The van der Waals surface area contributed by atoms with Crippen LogP contribution in [0, 0.1) is 5.41 Å². The van der Waals surface area contributed by atoms with Crippen LogP contribution in [0.2, 0.25) is 0 Å². The van der Waals surface area contributed by atoms with Gasteiger partial charge in [-0.1, -0.05) is 13.3 Å². The molecule has 6 heteroatoms. The zero-order valence-corrected chi connectivity index (χ0v) is 12.2. The Labute approximate surface area is 123 Å². The molecule has 0 heterocycles. The largest absolute Gasteiger partial charge is 0.496 e. The second kappa shape index (κ2) is 6.03. The van der Waals surface area contributed by atoms with Gasteiger partial charge < -0.3 is 20.5 Å². The first-order chi connectivity index (χ1) is 9.93. The highest BCUT2D eigenvalue weighted by Crippen LogP contribution is 2.39. The highest BCUT2D eigenvalue weighted by Gasteiger charge is 2.31. The molecule has 6 nitrogen and oxygen atoms in total. The SMILES string of the molecule is COc1cc(NC(=O)NCC2(C)CCC2)ccc1C(=O)O. The molecule has 1 aromatic carbocycles. The third kappa shape index (κ3) is 3.65. The summed E-state index contributed by atoms with van der Waals surface area (Å²) in [6, 6.07) is 4.14. The summed E-state index contributed by atoms with van der Waals surface area (Å²) in [5, 5.41) is 14.5. The molecule has 1 aromatic rings. The topological polar surface area (TPSA) is 87.7 Å². The second-order valence-electron chi connectivity index (χ2n) is 5.69. The summed E-state index contributed by atoms with van der Waals surface area (Å²) in [4.78, 5) is 22.8. The van der Waals surface area contributed by atoms with Crippen LogP contribution in [0.5, 0.6) is 5.75 Å². The van der Waals surface area contributed by atoms with Gasteiger partial charge in [-0.15, -0.1) is 0 Å². The fourth-order valence-electron chi connectivity index (χ4n) is 2.37. The lowest BCUT2D eigenvalue weighted by molar-refractivity contribution is 0.0693. The maximum absolute atomic E-state index is 11.8. The number of carbonyl (C=O) groups excluding carboxylic acids is 1. The second-order valence-corrected chi connectivity index (χ2v) is 5.69. The number of methoxy groups -OCH3 is 1. The monoisotopic (exact) mass is 292 g/mol. The summed E-state index contributed by atoms with van der Waals surface area (Å²) in [5.41, 5.74) is 0.765. The molecule has 2 rings (SSSR count). The van der Waals surface area contributed by atoms with Crippen LogP contribution in [-0.2, 0) is 0 Å². The van der Waals surface area contributed by atoms with Crippen molar-refractivity contribution >= 4 is 17.7 Å². The van der Waals surface area contributed by atoms with Gasteiger partial charge in [-0.3, -0.25) is 0 Å². The van der Waals surface area contributed by atoms with Crippen molar-refractivity contribution < 1.29 is 19.4 Å². The van der Waals surface area contributed by atoms with Crippen molar-refractivity contribution in [1.29, 1.82) is 0 Å². The summed E-state index contributed by atoms with van der Waals surface area (Å²) >= 11 is 0.